The van der Waals surface area contributed by atoms with Gasteiger partial charge in [-0.25, -0.2) is 4.39 Å². The first-order chi connectivity index (χ1) is 9.43. The summed E-state index contributed by atoms with van der Waals surface area (Å²) >= 11 is 5.69. The van der Waals surface area contributed by atoms with Crippen molar-refractivity contribution in [2.45, 2.75) is 40.3 Å². The van der Waals surface area contributed by atoms with E-state index in [1.165, 1.54) is 6.07 Å². The van der Waals surface area contributed by atoms with E-state index in [1.807, 2.05) is 18.5 Å². The van der Waals surface area contributed by atoms with Crippen molar-refractivity contribution in [3.8, 4) is 0 Å². The molecule has 0 spiro atoms. The maximum atomic E-state index is 13.5. The molecule has 2 rings (SSSR count). The van der Waals surface area contributed by atoms with Gasteiger partial charge in [-0.1, -0.05) is 11.6 Å². The van der Waals surface area contributed by atoms with Crippen molar-refractivity contribution < 1.29 is 4.39 Å². The Morgan fingerprint density at radius 3 is 2.65 bits per heavy atom. The predicted molar refractivity (Wildman–Crippen MR) is 80.8 cm³/mol. The van der Waals surface area contributed by atoms with Crippen LogP contribution in [0.2, 0.25) is 5.02 Å². The Hall–Kier alpha value is -1.55. The highest BCUT2D eigenvalue weighted by Crippen LogP contribution is 2.26. The highest BCUT2D eigenvalue weighted by atomic mass is 35.5. The Morgan fingerprint density at radius 1 is 1.40 bits per heavy atom. The van der Waals surface area contributed by atoms with Gasteiger partial charge < -0.3 is 5.32 Å². The van der Waals surface area contributed by atoms with E-state index in [1.54, 1.807) is 12.1 Å². The molecule has 3 nitrogen and oxygen atoms in total. The summed E-state index contributed by atoms with van der Waals surface area (Å²) in [7, 11) is 0. The fourth-order valence-corrected chi connectivity index (χ4v) is 2.67. The monoisotopic (exact) mass is 295 g/mol. The van der Waals surface area contributed by atoms with Gasteiger partial charge in [-0.05, 0) is 45.9 Å². The van der Waals surface area contributed by atoms with Crippen LogP contribution in [0.3, 0.4) is 0 Å². The topological polar surface area (TPSA) is 29.9 Å². The zero-order valence-corrected chi connectivity index (χ0v) is 12.9. The van der Waals surface area contributed by atoms with Gasteiger partial charge >= 0.3 is 0 Å². The second kappa shape index (κ2) is 5.83. The van der Waals surface area contributed by atoms with Crippen molar-refractivity contribution in [3.63, 3.8) is 0 Å². The first-order valence-electron chi connectivity index (χ1n) is 6.69. The van der Waals surface area contributed by atoms with Crippen LogP contribution in [0.15, 0.2) is 18.2 Å². The van der Waals surface area contributed by atoms with Crippen LogP contribution in [0.25, 0.3) is 0 Å². The number of halogens is 2. The molecule has 2 aromatic rings. The maximum absolute atomic E-state index is 13.5. The number of rotatable bonds is 4. The molecule has 1 heterocycles. The van der Waals surface area contributed by atoms with Crippen LogP contribution in [-0.4, -0.2) is 9.78 Å². The number of aryl methyl sites for hydroxylation is 2. The van der Waals surface area contributed by atoms with Gasteiger partial charge in [0.25, 0.3) is 0 Å². The van der Waals surface area contributed by atoms with Crippen molar-refractivity contribution in [2.75, 3.05) is 5.32 Å². The number of nitrogens with one attached hydrogen (secondary N) is 1. The van der Waals surface area contributed by atoms with Gasteiger partial charge in [-0.2, -0.15) is 5.10 Å². The summed E-state index contributed by atoms with van der Waals surface area (Å²) in [5, 5.41) is 7.93. The molecule has 1 atom stereocenters. The molecule has 0 aliphatic heterocycles. The Balaban J connectivity index is 2.25. The lowest BCUT2D eigenvalue weighted by Gasteiger charge is -2.16. The average Bonchev–Trinajstić information content (AvgIpc) is 2.68. The fourth-order valence-electron chi connectivity index (χ4n) is 2.55. The van der Waals surface area contributed by atoms with Crippen LogP contribution in [-0.2, 0) is 6.54 Å². The van der Waals surface area contributed by atoms with Crippen LogP contribution in [0.5, 0.6) is 0 Å². The zero-order chi connectivity index (χ0) is 14.9. The highest BCUT2D eigenvalue weighted by molar-refractivity contribution is 6.30. The minimum Gasteiger partial charge on any atom is -0.378 e. The normalized spacial score (nSPS) is 12.5. The maximum Gasteiger partial charge on any atom is 0.143 e. The highest BCUT2D eigenvalue weighted by Gasteiger charge is 2.17. The van der Waals surface area contributed by atoms with Crippen LogP contribution in [0, 0.1) is 19.7 Å². The molecule has 1 unspecified atom stereocenters. The van der Waals surface area contributed by atoms with E-state index in [-0.39, 0.29) is 11.1 Å². The molecule has 0 saturated carbocycles. The minimum atomic E-state index is -0.415. The summed E-state index contributed by atoms with van der Waals surface area (Å²) in [6, 6.07) is 4.79. The smallest absolute Gasteiger partial charge is 0.143 e. The van der Waals surface area contributed by atoms with Crippen LogP contribution < -0.4 is 5.32 Å². The summed E-state index contributed by atoms with van der Waals surface area (Å²) < 4.78 is 15.4. The minimum absolute atomic E-state index is 0.0517. The van der Waals surface area contributed by atoms with Crippen molar-refractivity contribution in [1.29, 1.82) is 0 Å². The quantitative estimate of drug-likeness (QED) is 0.901. The Kier molecular flexibility index (Phi) is 4.33. The summed E-state index contributed by atoms with van der Waals surface area (Å²) in [5.74, 6) is -0.415. The Bertz CT molecular complexity index is 622. The molecule has 0 bridgehead atoms. The Labute approximate surface area is 123 Å². The summed E-state index contributed by atoms with van der Waals surface area (Å²) in [4.78, 5) is 0. The molecule has 5 heteroatoms. The molecular weight excluding hydrogens is 277 g/mol. The van der Waals surface area contributed by atoms with Crippen molar-refractivity contribution in [1.82, 2.24) is 9.78 Å². The molecule has 0 aliphatic carbocycles. The number of anilines is 1. The van der Waals surface area contributed by atoms with E-state index >= 15 is 0 Å². The number of hydrogen-bond donors (Lipinski definition) is 1. The lowest BCUT2D eigenvalue weighted by atomic mass is 10.1. The molecule has 20 heavy (non-hydrogen) atoms. The van der Waals surface area contributed by atoms with Gasteiger partial charge in [-0.15, -0.1) is 0 Å². The second-order valence-corrected chi connectivity index (χ2v) is 5.30. The Morgan fingerprint density at radius 2 is 2.10 bits per heavy atom. The van der Waals surface area contributed by atoms with Gasteiger partial charge in [0, 0.05) is 23.5 Å². The lowest BCUT2D eigenvalue weighted by molar-refractivity contribution is 0.628. The third-order valence-corrected chi connectivity index (χ3v) is 3.78. The number of benzene rings is 1. The molecule has 1 aromatic heterocycles. The third kappa shape index (κ3) is 2.80. The molecule has 1 N–H and O–H groups in total. The number of nitrogens with zero attached hydrogens (tertiary/aromatic N) is 2. The third-order valence-electron chi connectivity index (χ3n) is 3.47. The van der Waals surface area contributed by atoms with Gasteiger partial charge in [-0.3, -0.25) is 4.68 Å². The first-order valence-corrected chi connectivity index (χ1v) is 7.07. The molecule has 0 radical (unpaired) electrons. The largest absolute Gasteiger partial charge is 0.378 e. The van der Waals surface area contributed by atoms with Gasteiger partial charge in [0.15, 0.2) is 0 Å². The number of aromatic nitrogens is 2. The predicted octanol–water partition coefficient (Wildman–Crippen LogP) is 4.49. The number of hydrogen-bond acceptors (Lipinski definition) is 2. The van der Waals surface area contributed by atoms with E-state index in [9.17, 15) is 4.39 Å². The SMILES string of the molecule is CCn1nc(C)c(C(C)Nc2ccc(Cl)c(F)c2)c1C. The van der Waals surface area contributed by atoms with Crippen molar-refractivity contribution in [3.05, 3.63) is 46.0 Å². The lowest BCUT2D eigenvalue weighted by Crippen LogP contribution is -2.09. The van der Waals surface area contributed by atoms with Crippen LogP contribution >= 0.6 is 11.6 Å². The van der Waals surface area contributed by atoms with Gasteiger partial charge in [0.05, 0.1) is 16.8 Å². The van der Waals surface area contributed by atoms with E-state index < -0.39 is 5.82 Å². The van der Waals surface area contributed by atoms with Crippen LogP contribution in [0.1, 0.15) is 36.8 Å². The molecule has 1 aromatic carbocycles. The van der Waals surface area contributed by atoms with Crippen molar-refractivity contribution in [2.24, 2.45) is 0 Å². The zero-order valence-electron chi connectivity index (χ0n) is 12.2. The molecule has 0 aliphatic rings. The second-order valence-electron chi connectivity index (χ2n) is 4.90. The molecule has 0 fully saturated rings. The standard InChI is InChI=1S/C15H19ClFN3/c1-5-20-11(4)15(10(3)19-20)9(2)18-12-6-7-13(16)14(17)8-12/h6-9,18H,5H2,1-4H3. The van der Waals surface area contributed by atoms with Gasteiger partial charge in [0.1, 0.15) is 5.82 Å². The van der Waals surface area contributed by atoms with E-state index in [0.29, 0.717) is 5.69 Å². The molecule has 0 saturated heterocycles. The van der Waals surface area contributed by atoms with Gasteiger partial charge in [0.2, 0.25) is 0 Å². The summed E-state index contributed by atoms with van der Waals surface area (Å²) in [5.41, 5.74) is 4.00. The molecule has 108 valence electrons. The summed E-state index contributed by atoms with van der Waals surface area (Å²) in [6.45, 7) is 9.00. The summed E-state index contributed by atoms with van der Waals surface area (Å²) in [6.07, 6.45) is 0. The fraction of sp³-hybridized carbons (Fsp3) is 0.400. The van der Waals surface area contributed by atoms with Crippen molar-refractivity contribution >= 4 is 17.3 Å². The molecule has 0 amide bonds. The van der Waals surface area contributed by atoms with Crippen LogP contribution in [0.4, 0.5) is 10.1 Å². The van der Waals surface area contributed by atoms with E-state index in [0.717, 1.165) is 23.5 Å². The first kappa shape index (κ1) is 14.9. The molecular formula is C15H19ClFN3. The van der Waals surface area contributed by atoms with E-state index in [4.69, 9.17) is 11.6 Å². The van der Waals surface area contributed by atoms with E-state index in [2.05, 4.69) is 24.3 Å². The average molecular weight is 296 g/mol.